The van der Waals surface area contributed by atoms with E-state index < -0.39 is 0 Å². The summed E-state index contributed by atoms with van der Waals surface area (Å²) < 4.78 is 3.95. The molecule has 0 radical (unpaired) electrons. The summed E-state index contributed by atoms with van der Waals surface area (Å²) in [5.74, 6) is 0. The number of aromatic nitrogens is 4. The Balaban J connectivity index is 1.97. The lowest BCUT2D eigenvalue weighted by atomic mass is 10.3. The summed E-state index contributed by atoms with van der Waals surface area (Å²) in [5.41, 5.74) is 2.20. The number of nitrogens with zero attached hydrogens (tertiary/aromatic N) is 5. The number of rotatable bonds is 5. The molecule has 0 fully saturated rings. The van der Waals surface area contributed by atoms with Gasteiger partial charge in [-0.15, -0.1) is 0 Å². The largest absolute Gasteiger partial charge is 0.340 e. The summed E-state index contributed by atoms with van der Waals surface area (Å²) in [6.45, 7) is 4.89. The van der Waals surface area contributed by atoms with E-state index in [4.69, 9.17) is 0 Å². The predicted molar refractivity (Wildman–Crippen MR) is 66.2 cm³/mol. The van der Waals surface area contributed by atoms with Crippen molar-refractivity contribution in [3.63, 3.8) is 0 Å². The smallest absolute Gasteiger partial charge is 0.0947 e. The molecular weight excluding hydrogens is 214 g/mol. The maximum absolute atomic E-state index is 4.35. The maximum Gasteiger partial charge on any atom is 0.0947 e. The van der Waals surface area contributed by atoms with Gasteiger partial charge in [-0.3, -0.25) is 4.90 Å². The molecule has 0 amide bonds. The van der Waals surface area contributed by atoms with E-state index in [0.29, 0.717) is 0 Å². The normalized spacial score (nSPS) is 11.3. The molecule has 17 heavy (non-hydrogen) atoms. The maximum atomic E-state index is 4.35. The first kappa shape index (κ1) is 11.9. The average Bonchev–Trinajstić information content (AvgIpc) is 2.87. The van der Waals surface area contributed by atoms with Crippen LogP contribution >= 0.6 is 0 Å². The minimum Gasteiger partial charge on any atom is -0.340 e. The van der Waals surface area contributed by atoms with Crippen LogP contribution in [0.25, 0.3) is 0 Å². The van der Waals surface area contributed by atoms with Crippen LogP contribution in [-0.4, -0.2) is 30.5 Å². The van der Waals surface area contributed by atoms with E-state index in [9.17, 15) is 0 Å². The van der Waals surface area contributed by atoms with Crippen molar-refractivity contribution in [3.8, 4) is 0 Å². The van der Waals surface area contributed by atoms with E-state index in [-0.39, 0.29) is 0 Å². The van der Waals surface area contributed by atoms with Crippen molar-refractivity contribution in [3.05, 3.63) is 36.4 Å². The Morgan fingerprint density at radius 3 is 1.76 bits per heavy atom. The first-order valence-corrected chi connectivity index (χ1v) is 5.83. The van der Waals surface area contributed by atoms with Crippen molar-refractivity contribution in [1.29, 1.82) is 0 Å². The van der Waals surface area contributed by atoms with Crippen LogP contribution in [0.4, 0.5) is 0 Å². The van der Waals surface area contributed by atoms with Gasteiger partial charge in [0.1, 0.15) is 0 Å². The van der Waals surface area contributed by atoms with Gasteiger partial charge >= 0.3 is 0 Å². The fourth-order valence-electron chi connectivity index (χ4n) is 1.83. The minimum absolute atomic E-state index is 0.869. The van der Waals surface area contributed by atoms with Crippen LogP contribution in [-0.2, 0) is 27.2 Å². The second kappa shape index (κ2) is 5.14. The Bertz CT molecular complexity index is 428. The third kappa shape index (κ3) is 3.17. The van der Waals surface area contributed by atoms with Crippen LogP contribution in [0.3, 0.4) is 0 Å². The molecule has 0 saturated carbocycles. The third-order valence-electron chi connectivity index (χ3n) is 2.74. The van der Waals surface area contributed by atoms with E-state index in [0.717, 1.165) is 31.0 Å². The Kier molecular flexibility index (Phi) is 3.58. The van der Waals surface area contributed by atoms with Gasteiger partial charge < -0.3 is 9.13 Å². The number of hydrogen-bond acceptors (Lipinski definition) is 3. The summed E-state index contributed by atoms with van der Waals surface area (Å²) in [4.78, 5) is 11.0. The van der Waals surface area contributed by atoms with Crippen LogP contribution in [0.5, 0.6) is 0 Å². The molecule has 0 atom stereocenters. The van der Waals surface area contributed by atoms with E-state index in [1.165, 1.54) is 0 Å². The summed E-state index contributed by atoms with van der Waals surface area (Å²) in [6.07, 6.45) is 7.79. The molecule has 2 rings (SSSR count). The van der Waals surface area contributed by atoms with Crippen LogP contribution < -0.4 is 0 Å². The summed E-state index contributed by atoms with van der Waals surface area (Å²) >= 11 is 0. The van der Waals surface area contributed by atoms with Gasteiger partial charge in [-0.05, 0) is 6.54 Å². The Morgan fingerprint density at radius 1 is 1.00 bits per heavy atom. The standard InChI is InChI=1S/C12H19N5/c1-4-17(7-11-5-15(2)9-13-11)8-12-6-16(3)10-14-12/h5-6,9-10H,4,7-8H2,1-3H3. The second-order valence-electron chi connectivity index (χ2n) is 4.36. The highest BCUT2D eigenvalue weighted by atomic mass is 15.2. The highest BCUT2D eigenvalue weighted by Gasteiger charge is 2.08. The quantitative estimate of drug-likeness (QED) is 0.778. The van der Waals surface area contributed by atoms with E-state index in [2.05, 4.69) is 34.2 Å². The summed E-state index contributed by atoms with van der Waals surface area (Å²) in [5, 5.41) is 0. The minimum atomic E-state index is 0.869. The first-order valence-electron chi connectivity index (χ1n) is 5.83. The zero-order valence-electron chi connectivity index (χ0n) is 10.7. The molecule has 0 unspecified atom stereocenters. The molecule has 2 heterocycles. The molecule has 2 aromatic heterocycles. The van der Waals surface area contributed by atoms with Gasteiger partial charge in [-0.2, -0.15) is 0 Å². The van der Waals surface area contributed by atoms with Gasteiger partial charge in [0, 0.05) is 39.6 Å². The lowest BCUT2D eigenvalue weighted by Gasteiger charge is -2.17. The number of imidazole rings is 2. The molecule has 5 nitrogen and oxygen atoms in total. The van der Waals surface area contributed by atoms with E-state index in [1.807, 2.05) is 35.9 Å². The average molecular weight is 233 g/mol. The fourth-order valence-corrected chi connectivity index (χ4v) is 1.83. The highest BCUT2D eigenvalue weighted by Crippen LogP contribution is 2.06. The Labute approximate surface area is 102 Å². The zero-order chi connectivity index (χ0) is 12.3. The van der Waals surface area contributed by atoms with Gasteiger partial charge in [0.15, 0.2) is 0 Å². The fraction of sp³-hybridized carbons (Fsp3) is 0.500. The Hall–Kier alpha value is -1.62. The molecule has 0 saturated heterocycles. The molecule has 0 aliphatic rings. The van der Waals surface area contributed by atoms with Gasteiger partial charge in [0.25, 0.3) is 0 Å². The van der Waals surface area contributed by atoms with Gasteiger partial charge in [0.2, 0.25) is 0 Å². The van der Waals surface area contributed by atoms with Crippen LogP contribution in [0.2, 0.25) is 0 Å². The summed E-state index contributed by atoms with van der Waals surface area (Å²) in [7, 11) is 3.98. The first-order chi connectivity index (χ1) is 8.17. The lowest BCUT2D eigenvalue weighted by molar-refractivity contribution is 0.265. The van der Waals surface area contributed by atoms with Gasteiger partial charge in [0.05, 0.1) is 24.0 Å². The van der Waals surface area contributed by atoms with Crippen LogP contribution in [0, 0.1) is 0 Å². The van der Waals surface area contributed by atoms with Crippen LogP contribution in [0.1, 0.15) is 18.3 Å². The van der Waals surface area contributed by atoms with Gasteiger partial charge in [-0.25, -0.2) is 9.97 Å². The van der Waals surface area contributed by atoms with Crippen molar-refractivity contribution in [2.24, 2.45) is 14.1 Å². The lowest BCUT2D eigenvalue weighted by Crippen LogP contribution is -2.22. The number of aryl methyl sites for hydroxylation is 2. The molecular formula is C12H19N5. The van der Waals surface area contributed by atoms with E-state index in [1.54, 1.807) is 0 Å². The van der Waals surface area contributed by atoms with Crippen molar-refractivity contribution in [2.45, 2.75) is 20.0 Å². The van der Waals surface area contributed by atoms with Crippen molar-refractivity contribution in [2.75, 3.05) is 6.54 Å². The molecule has 5 heteroatoms. The summed E-state index contributed by atoms with van der Waals surface area (Å²) in [6, 6.07) is 0. The van der Waals surface area contributed by atoms with Crippen molar-refractivity contribution in [1.82, 2.24) is 24.0 Å². The van der Waals surface area contributed by atoms with Crippen molar-refractivity contribution < 1.29 is 0 Å². The van der Waals surface area contributed by atoms with Crippen LogP contribution in [0.15, 0.2) is 25.0 Å². The predicted octanol–water partition coefficient (Wildman–Crippen LogP) is 1.18. The number of hydrogen-bond donors (Lipinski definition) is 0. The molecule has 0 bridgehead atoms. The second-order valence-corrected chi connectivity index (χ2v) is 4.36. The molecule has 0 spiro atoms. The van der Waals surface area contributed by atoms with Gasteiger partial charge in [-0.1, -0.05) is 6.92 Å². The molecule has 0 aliphatic carbocycles. The molecule has 2 aromatic rings. The van der Waals surface area contributed by atoms with E-state index >= 15 is 0 Å². The molecule has 0 aliphatic heterocycles. The zero-order valence-corrected chi connectivity index (χ0v) is 10.7. The molecule has 0 N–H and O–H groups in total. The third-order valence-corrected chi connectivity index (χ3v) is 2.74. The molecule has 0 aromatic carbocycles. The molecule has 92 valence electrons. The monoisotopic (exact) mass is 233 g/mol. The highest BCUT2D eigenvalue weighted by molar-refractivity contribution is 4.99. The Morgan fingerprint density at radius 2 is 1.47 bits per heavy atom. The SMILES string of the molecule is CCN(Cc1cn(C)cn1)Cc1cn(C)cn1. The van der Waals surface area contributed by atoms with Crippen molar-refractivity contribution >= 4 is 0 Å². The topological polar surface area (TPSA) is 38.9 Å².